The molecule has 1 heterocycles. The van der Waals surface area contributed by atoms with Crippen molar-refractivity contribution in [1.29, 1.82) is 0 Å². The number of hydrogen-bond acceptors (Lipinski definition) is 4. The van der Waals surface area contributed by atoms with E-state index in [1.807, 2.05) is 24.3 Å². The number of benzene rings is 3. The van der Waals surface area contributed by atoms with Gasteiger partial charge < -0.3 is 10.4 Å². The van der Waals surface area contributed by atoms with Gasteiger partial charge in [-0.1, -0.05) is 36.4 Å². The van der Waals surface area contributed by atoms with Gasteiger partial charge in [0.1, 0.15) is 0 Å². The molecule has 0 radical (unpaired) electrons. The summed E-state index contributed by atoms with van der Waals surface area (Å²) in [7, 11) is 0. The Morgan fingerprint density at radius 1 is 1.03 bits per heavy atom. The van der Waals surface area contributed by atoms with Crippen molar-refractivity contribution in [3.8, 4) is 0 Å². The van der Waals surface area contributed by atoms with Crippen molar-refractivity contribution in [2.75, 3.05) is 5.32 Å². The lowest BCUT2D eigenvalue weighted by Gasteiger charge is -2.38. The Morgan fingerprint density at radius 2 is 1.79 bits per heavy atom. The van der Waals surface area contributed by atoms with Gasteiger partial charge in [0, 0.05) is 23.7 Å². The number of rotatable bonds is 3. The molecule has 2 aliphatic rings. The predicted molar refractivity (Wildman–Crippen MR) is 108 cm³/mol. The molecule has 0 spiro atoms. The van der Waals surface area contributed by atoms with Gasteiger partial charge in [-0.3, -0.25) is 10.1 Å². The molecule has 1 aliphatic heterocycles. The van der Waals surface area contributed by atoms with Crippen molar-refractivity contribution in [3.05, 3.63) is 105 Å². The molecule has 0 aromatic heterocycles. The van der Waals surface area contributed by atoms with E-state index in [1.54, 1.807) is 24.3 Å². The second-order valence-electron chi connectivity index (χ2n) is 7.62. The van der Waals surface area contributed by atoms with Crippen LogP contribution in [0.25, 0.3) is 0 Å². The highest BCUT2D eigenvalue weighted by molar-refractivity contribution is 5.87. The third kappa shape index (κ3) is 2.76. The lowest BCUT2D eigenvalue weighted by molar-refractivity contribution is -0.384. The van der Waals surface area contributed by atoms with Crippen LogP contribution in [0.3, 0.4) is 0 Å². The van der Waals surface area contributed by atoms with Gasteiger partial charge in [0.2, 0.25) is 0 Å². The average molecular weight is 386 g/mol. The second kappa shape index (κ2) is 6.44. The van der Waals surface area contributed by atoms with Gasteiger partial charge in [-0.15, -0.1) is 0 Å². The van der Waals surface area contributed by atoms with Crippen LogP contribution in [0, 0.1) is 16.0 Å². The van der Waals surface area contributed by atoms with Crippen LogP contribution in [0.1, 0.15) is 44.6 Å². The molecule has 6 heteroatoms. The molecular formula is C23H18N2O4. The molecule has 0 saturated heterocycles. The Balaban J connectivity index is 1.64. The largest absolute Gasteiger partial charge is 0.478 e. The van der Waals surface area contributed by atoms with Crippen LogP contribution in [0.15, 0.2) is 66.7 Å². The topological polar surface area (TPSA) is 92.5 Å². The summed E-state index contributed by atoms with van der Waals surface area (Å²) in [6.07, 6.45) is 0.862. The number of nitro benzene ring substituents is 1. The molecule has 1 aliphatic carbocycles. The van der Waals surface area contributed by atoms with Gasteiger partial charge in [0.25, 0.3) is 5.69 Å². The minimum Gasteiger partial charge on any atom is -0.478 e. The fourth-order valence-corrected chi connectivity index (χ4v) is 4.82. The van der Waals surface area contributed by atoms with Crippen LogP contribution in [-0.2, 0) is 6.42 Å². The highest BCUT2D eigenvalue weighted by atomic mass is 16.6. The number of non-ortho nitro benzene ring substituents is 1. The Morgan fingerprint density at radius 3 is 2.52 bits per heavy atom. The smallest absolute Gasteiger partial charge is 0.335 e. The monoisotopic (exact) mass is 386 g/mol. The number of aromatic carboxylic acids is 1. The van der Waals surface area contributed by atoms with Crippen molar-refractivity contribution < 1.29 is 14.8 Å². The van der Waals surface area contributed by atoms with E-state index in [-0.39, 0.29) is 34.1 Å². The molecule has 3 atom stereocenters. The number of nitrogens with zero attached hydrogens (tertiary/aromatic N) is 1. The van der Waals surface area contributed by atoms with Crippen LogP contribution in [0.5, 0.6) is 0 Å². The highest BCUT2D eigenvalue weighted by Crippen LogP contribution is 2.54. The summed E-state index contributed by atoms with van der Waals surface area (Å²) in [4.78, 5) is 22.2. The van der Waals surface area contributed by atoms with Crippen molar-refractivity contribution >= 4 is 17.3 Å². The summed E-state index contributed by atoms with van der Waals surface area (Å²) in [5.74, 6) is -0.693. The van der Waals surface area contributed by atoms with Crippen LogP contribution >= 0.6 is 0 Å². The van der Waals surface area contributed by atoms with E-state index in [9.17, 15) is 20.0 Å². The average Bonchev–Trinajstić information content (AvgIpc) is 3.12. The zero-order valence-electron chi connectivity index (χ0n) is 15.4. The standard InChI is InChI=1S/C23H18N2O4/c26-23(27)14-7-5-13(6-8-14)22-19-11-15-3-1-2-4-17(15)21(19)18-12-16(25(28)29)9-10-20(18)24-22/h1-10,12,19,21-22,24H,11H2,(H,26,27)/t19-,21-,22+/m0/s1. The second-order valence-corrected chi connectivity index (χ2v) is 7.62. The zero-order valence-corrected chi connectivity index (χ0v) is 15.4. The Labute approximate surface area is 167 Å². The molecule has 3 aromatic carbocycles. The first-order valence-corrected chi connectivity index (χ1v) is 9.49. The van der Waals surface area contributed by atoms with Gasteiger partial charge in [-0.25, -0.2) is 4.79 Å². The SMILES string of the molecule is O=C(O)c1ccc([C@H]2Nc3ccc([N+](=O)[O-])cc3[C@@H]3c4ccccc4C[C@@H]32)cc1. The Hall–Kier alpha value is -3.67. The number of anilines is 1. The maximum atomic E-state index is 11.3. The molecule has 0 amide bonds. The van der Waals surface area contributed by atoms with E-state index < -0.39 is 5.97 Å². The minimum atomic E-state index is -0.947. The molecular weight excluding hydrogens is 368 g/mol. The summed E-state index contributed by atoms with van der Waals surface area (Å²) >= 11 is 0. The Kier molecular flexibility index (Phi) is 3.87. The van der Waals surface area contributed by atoms with Crippen molar-refractivity contribution in [2.24, 2.45) is 5.92 Å². The van der Waals surface area contributed by atoms with Crippen molar-refractivity contribution in [3.63, 3.8) is 0 Å². The quantitative estimate of drug-likeness (QED) is 0.500. The van der Waals surface area contributed by atoms with Gasteiger partial charge >= 0.3 is 5.97 Å². The molecule has 0 fully saturated rings. The van der Waals surface area contributed by atoms with Gasteiger partial charge in [-0.2, -0.15) is 0 Å². The van der Waals surface area contributed by atoms with Gasteiger partial charge in [0.05, 0.1) is 16.5 Å². The number of carboxylic acid groups (broad SMARTS) is 1. The maximum Gasteiger partial charge on any atom is 0.335 e. The summed E-state index contributed by atoms with van der Waals surface area (Å²) in [6, 6.07) is 20.2. The predicted octanol–water partition coefficient (Wildman–Crippen LogP) is 4.76. The van der Waals surface area contributed by atoms with Gasteiger partial charge in [-0.05, 0) is 52.8 Å². The van der Waals surface area contributed by atoms with E-state index in [0.717, 1.165) is 23.2 Å². The van der Waals surface area contributed by atoms with Crippen LogP contribution < -0.4 is 5.32 Å². The Bertz CT molecular complexity index is 1140. The summed E-state index contributed by atoms with van der Waals surface area (Å²) < 4.78 is 0. The molecule has 144 valence electrons. The normalized spacial score (nSPS) is 21.4. The molecule has 5 rings (SSSR count). The number of hydrogen-bond donors (Lipinski definition) is 2. The molecule has 29 heavy (non-hydrogen) atoms. The summed E-state index contributed by atoms with van der Waals surface area (Å²) in [6.45, 7) is 0. The maximum absolute atomic E-state index is 11.3. The van der Waals surface area contributed by atoms with Gasteiger partial charge in [0.15, 0.2) is 0 Å². The number of nitrogens with one attached hydrogen (secondary N) is 1. The molecule has 3 aromatic rings. The van der Waals surface area contributed by atoms with E-state index in [2.05, 4.69) is 17.4 Å². The van der Waals surface area contributed by atoms with E-state index in [4.69, 9.17) is 0 Å². The number of carbonyl (C=O) groups is 1. The molecule has 0 unspecified atom stereocenters. The first-order chi connectivity index (χ1) is 14.0. The zero-order chi connectivity index (χ0) is 20.1. The van der Waals surface area contributed by atoms with E-state index >= 15 is 0 Å². The summed E-state index contributed by atoms with van der Waals surface area (Å²) in [5, 5.41) is 24.1. The first-order valence-electron chi connectivity index (χ1n) is 9.49. The van der Waals surface area contributed by atoms with E-state index in [1.165, 1.54) is 17.2 Å². The number of fused-ring (bicyclic) bond motifs is 5. The van der Waals surface area contributed by atoms with Crippen LogP contribution in [0.4, 0.5) is 11.4 Å². The minimum absolute atomic E-state index is 0.01000. The molecule has 0 bridgehead atoms. The lowest BCUT2D eigenvalue weighted by Crippen LogP contribution is -2.30. The molecule has 0 saturated carbocycles. The third-order valence-corrected chi connectivity index (χ3v) is 6.11. The van der Waals surface area contributed by atoms with E-state index in [0.29, 0.717) is 0 Å². The summed E-state index contributed by atoms with van der Waals surface area (Å²) in [5.41, 5.74) is 5.68. The van der Waals surface area contributed by atoms with Crippen molar-refractivity contribution in [1.82, 2.24) is 0 Å². The van der Waals surface area contributed by atoms with Crippen molar-refractivity contribution in [2.45, 2.75) is 18.4 Å². The fraction of sp³-hybridized carbons (Fsp3) is 0.174. The first kappa shape index (κ1) is 17.4. The fourth-order valence-electron chi connectivity index (χ4n) is 4.82. The highest BCUT2D eigenvalue weighted by Gasteiger charge is 2.43. The molecule has 6 nitrogen and oxygen atoms in total. The number of carboxylic acids is 1. The van der Waals surface area contributed by atoms with Crippen LogP contribution in [-0.4, -0.2) is 16.0 Å². The lowest BCUT2D eigenvalue weighted by atomic mass is 9.75. The van der Waals surface area contributed by atoms with Crippen LogP contribution in [0.2, 0.25) is 0 Å². The number of nitro groups is 1. The third-order valence-electron chi connectivity index (χ3n) is 6.11. The molecule has 2 N–H and O–H groups in total.